The lowest BCUT2D eigenvalue weighted by molar-refractivity contribution is 0.00578. The van der Waals surface area contributed by atoms with Gasteiger partial charge < -0.3 is 13.7 Å². The van der Waals surface area contributed by atoms with E-state index in [1.807, 2.05) is 54.6 Å². The summed E-state index contributed by atoms with van der Waals surface area (Å²) < 4.78 is 18.7. The van der Waals surface area contributed by atoms with Gasteiger partial charge in [0.1, 0.15) is 5.52 Å². The lowest BCUT2D eigenvalue weighted by Gasteiger charge is -2.32. The van der Waals surface area contributed by atoms with Gasteiger partial charge in [-0.15, -0.1) is 0 Å². The van der Waals surface area contributed by atoms with Crippen molar-refractivity contribution in [1.29, 1.82) is 0 Å². The number of rotatable bonds is 3. The van der Waals surface area contributed by atoms with Gasteiger partial charge in [-0.25, -0.2) is 9.97 Å². The van der Waals surface area contributed by atoms with Gasteiger partial charge in [-0.2, -0.15) is 0 Å². The Morgan fingerprint density at radius 2 is 1.32 bits per heavy atom. The monoisotopic (exact) mass is 498 g/mol. The van der Waals surface area contributed by atoms with Gasteiger partial charge in [0.15, 0.2) is 5.58 Å². The molecule has 6 heteroatoms. The Bertz CT molecular complexity index is 1810. The van der Waals surface area contributed by atoms with Crippen molar-refractivity contribution < 1.29 is 13.7 Å². The van der Waals surface area contributed by atoms with E-state index in [1.54, 1.807) is 0 Å². The van der Waals surface area contributed by atoms with Gasteiger partial charge in [0, 0.05) is 27.3 Å². The third-order valence-electron chi connectivity index (χ3n) is 7.95. The third-order valence-corrected chi connectivity index (χ3v) is 7.95. The first-order chi connectivity index (χ1) is 18.3. The second kappa shape index (κ2) is 8.25. The normalized spacial score (nSPS) is 16.6. The summed E-state index contributed by atoms with van der Waals surface area (Å²) in [5.41, 5.74) is 5.63. The average Bonchev–Trinajstić information content (AvgIpc) is 3.46. The van der Waals surface area contributed by atoms with Crippen LogP contribution >= 0.6 is 0 Å². The molecule has 38 heavy (non-hydrogen) atoms. The number of nitrogens with zero attached hydrogens (tertiary/aromatic N) is 2. The molecule has 0 saturated carbocycles. The Balaban J connectivity index is 1.39. The Hall–Kier alpha value is -4.00. The van der Waals surface area contributed by atoms with Crippen LogP contribution in [-0.4, -0.2) is 28.3 Å². The minimum Gasteiger partial charge on any atom is -0.436 e. The second-order valence-corrected chi connectivity index (χ2v) is 10.9. The first kappa shape index (κ1) is 23.1. The number of aromatic nitrogens is 2. The van der Waals surface area contributed by atoms with Crippen LogP contribution in [-0.2, 0) is 9.31 Å². The zero-order chi connectivity index (χ0) is 26.1. The van der Waals surface area contributed by atoms with Crippen molar-refractivity contribution in [2.75, 3.05) is 0 Å². The van der Waals surface area contributed by atoms with Crippen LogP contribution in [0.2, 0.25) is 0 Å². The van der Waals surface area contributed by atoms with E-state index in [0.717, 1.165) is 55.1 Å². The van der Waals surface area contributed by atoms with Gasteiger partial charge in [-0.1, -0.05) is 60.7 Å². The van der Waals surface area contributed by atoms with Crippen molar-refractivity contribution >= 4 is 45.4 Å². The van der Waals surface area contributed by atoms with E-state index in [-0.39, 0.29) is 11.2 Å². The number of para-hydroxylation sites is 1. The summed E-state index contributed by atoms with van der Waals surface area (Å²) in [6.45, 7) is 8.28. The molecule has 3 heterocycles. The molecule has 4 aromatic carbocycles. The smallest absolute Gasteiger partial charge is 0.436 e. The lowest BCUT2D eigenvalue weighted by atomic mass is 9.78. The van der Waals surface area contributed by atoms with Gasteiger partial charge >= 0.3 is 7.12 Å². The first-order valence-electron chi connectivity index (χ1n) is 12.9. The molecule has 5 nitrogen and oxygen atoms in total. The van der Waals surface area contributed by atoms with Crippen LogP contribution in [0.4, 0.5) is 0 Å². The molecule has 186 valence electrons. The predicted octanol–water partition coefficient (Wildman–Crippen LogP) is 7.16. The van der Waals surface area contributed by atoms with E-state index in [1.165, 1.54) is 0 Å². The second-order valence-electron chi connectivity index (χ2n) is 10.9. The number of pyridine rings is 1. The summed E-state index contributed by atoms with van der Waals surface area (Å²) in [5, 5.41) is 3.13. The molecular formula is C32H27BN2O3. The molecule has 2 aromatic heterocycles. The van der Waals surface area contributed by atoms with Crippen molar-refractivity contribution in [1.82, 2.24) is 9.97 Å². The molecule has 0 atom stereocenters. The molecular weight excluding hydrogens is 471 g/mol. The maximum atomic E-state index is 6.25. The van der Waals surface area contributed by atoms with Crippen LogP contribution < -0.4 is 5.46 Å². The van der Waals surface area contributed by atoms with Crippen LogP contribution in [0.3, 0.4) is 0 Å². The zero-order valence-electron chi connectivity index (χ0n) is 21.9. The highest BCUT2D eigenvalue weighted by Gasteiger charge is 2.51. The quantitative estimate of drug-likeness (QED) is 0.191. The van der Waals surface area contributed by atoms with E-state index in [4.69, 9.17) is 23.7 Å². The van der Waals surface area contributed by atoms with Crippen molar-refractivity contribution in [2.45, 2.75) is 38.9 Å². The van der Waals surface area contributed by atoms with Crippen LogP contribution in [0.25, 0.3) is 55.5 Å². The summed E-state index contributed by atoms with van der Waals surface area (Å²) in [5.74, 6) is 0.613. The van der Waals surface area contributed by atoms with Gasteiger partial charge in [0.05, 0.1) is 22.4 Å². The van der Waals surface area contributed by atoms with Crippen molar-refractivity contribution in [3.05, 3.63) is 91.0 Å². The highest BCUT2D eigenvalue weighted by molar-refractivity contribution is 6.62. The zero-order valence-corrected chi connectivity index (χ0v) is 21.9. The fourth-order valence-electron chi connectivity index (χ4n) is 5.13. The highest BCUT2D eigenvalue weighted by atomic mass is 16.7. The van der Waals surface area contributed by atoms with E-state index < -0.39 is 7.12 Å². The Labute approximate surface area is 221 Å². The minimum absolute atomic E-state index is 0.381. The van der Waals surface area contributed by atoms with Gasteiger partial charge in [-0.3, -0.25) is 0 Å². The molecule has 0 bridgehead atoms. The number of hydrogen-bond acceptors (Lipinski definition) is 5. The Morgan fingerprint density at radius 3 is 2.05 bits per heavy atom. The lowest BCUT2D eigenvalue weighted by Crippen LogP contribution is -2.41. The SMILES string of the molecule is CC1(C)OB(c2ccc(-c3nc4ccccc4c4c3ccc3oc(-c5ccccc5)nc34)cc2)OC1(C)C. The summed E-state index contributed by atoms with van der Waals surface area (Å²) in [6.07, 6.45) is 0. The number of fused-ring (bicyclic) bond motifs is 5. The van der Waals surface area contributed by atoms with Crippen molar-refractivity contribution in [3.8, 4) is 22.7 Å². The van der Waals surface area contributed by atoms with Gasteiger partial charge in [-0.05, 0) is 63.5 Å². The largest absolute Gasteiger partial charge is 0.494 e. The standard InChI is InChI=1S/C32H27BN2O3/c1-31(2)32(3,4)38-33(37-31)22-16-14-20(15-17-22)28-24-18-19-26-29(27(24)23-12-8-9-13-25(23)34-28)35-30(36-26)21-10-6-5-7-11-21/h5-19H,1-4H3. The molecule has 1 aliphatic heterocycles. The maximum absolute atomic E-state index is 6.25. The molecule has 0 amide bonds. The van der Waals surface area contributed by atoms with Crippen LogP contribution in [0.5, 0.6) is 0 Å². The minimum atomic E-state index is -0.401. The number of oxazole rings is 1. The Morgan fingerprint density at radius 1 is 0.632 bits per heavy atom. The molecule has 0 spiro atoms. The molecule has 1 aliphatic rings. The average molecular weight is 498 g/mol. The van der Waals surface area contributed by atoms with E-state index in [0.29, 0.717) is 5.89 Å². The Kier molecular flexibility index (Phi) is 5.03. The van der Waals surface area contributed by atoms with Crippen LogP contribution in [0.15, 0.2) is 95.4 Å². The molecule has 1 fully saturated rings. The summed E-state index contributed by atoms with van der Waals surface area (Å²) >= 11 is 0. The topological polar surface area (TPSA) is 57.4 Å². The highest BCUT2D eigenvalue weighted by Crippen LogP contribution is 2.39. The van der Waals surface area contributed by atoms with Gasteiger partial charge in [0.2, 0.25) is 5.89 Å². The van der Waals surface area contributed by atoms with Crippen LogP contribution in [0.1, 0.15) is 27.7 Å². The van der Waals surface area contributed by atoms with E-state index in [2.05, 4.69) is 64.1 Å². The summed E-state index contributed by atoms with van der Waals surface area (Å²) in [7, 11) is -0.401. The van der Waals surface area contributed by atoms with E-state index in [9.17, 15) is 0 Å². The molecule has 6 aromatic rings. The first-order valence-corrected chi connectivity index (χ1v) is 12.9. The molecule has 7 rings (SSSR count). The fraction of sp³-hybridized carbons (Fsp3) is 0.188. The summed E-state index contributed by atoms with van der Waals surface area (Å²) in [6, 6.07) is 30.6. The van der Waals surface area contributed by atoms with Crippen molar-refractivity contribution in [2.24, 2.45) is 0 Å². The van der Waals surface area contributed by atoms with Crippen LogP contribution in [0, 0.1) is 0 Å². The number of hydrogen-bond donors (Lipinski definition) is 0. The maximum Gasteiger partial charge on any atom is 0.494 e. The molecule has 0 unspecified atom stereocenters. The molecule has 1 saturated heterocycles. The predicted molar refractivity (Wildman–Crippen MR) is 153 cm³/mol. The summed E-state index contributed by atoms with van der Waals surface area (Å²) in [4.78, 5) is 10.1. The fourth-order valence-corrected chi connectivity index (χ4v) is 5.13. The number of benzene rings is 4. The molecule has 0 N–H and O–H groups in total. The van der Waals surface area contributed by atoms with Gasteiger partial charge in [0.25, 0.3) is 0 Å². The molecule has 0 aliphatic carbocycles. The third kappa shape index (κ3) is 3.56. The van der Waals surface area contributed by atoms with Crippen molar-refractivity contribution in [3.63, 3.8) is 0 Å². The van der Waals surface area contributed by atoms with E-state index >= 15 is 0 Å². The molecule has 0 radical (unpaired) electrons.